The van der Waals surface area contributed by atoms with Crippen molar-refractivity contribution < 1.29 is 18.7 Å². The second-order valence-electron chi connectivity index (χ2n) is 5.49. The van der Waals surface area contributed by atoms with Crippen molar-refractivity contribution in [1.82, 2.24) is 4.90 Å². The normalized spacial score (nSPS) is 16.9. The molecule has 0 bridgehead atoms. The number of urea groups is 1. The molecule has 2 aromatic rings. The van der Waals surface area contributed by atoms with Crippen LogP contribution in [0.2, 0.25) is 0 Å². The largest absolute Gasteiger partial charge is 0.465 e. The van der Waals surface area contributed by atoms with Crippen LogP contribution in [0.15, 0.2) is 35.7 Å². The lowest BCUT2D eigenvalue weighted by Gasteiger charge is -2.25. The molecule has 1 fully saturated rings. The molecule has 2 heterocycles. The average molecular weight is 348 g/mol. The van der Waals surface area contributed by atoms with Gasteiger partial charge in [0.2, 0.25) is 0 Å². The van der Waals surface area contributed by atoms with E-state index >= 15 is 0 Å². The molecule has 1 aliphatic rings. The number of likely N-dealkylation sites (tertiary alicyclic amines) is 1. The Morgan fingerprint density at radius 2 is 2.04 bits per heavy atom. The zero-order chi connectivity index (χ0) is 17.1. The highest BCUT2D eigenvalue weighted by Gasteiger charge is 2.30. The van der Waals surface area contributed by atoms with Gasteiger partial charge in [0.1, 0.15) is 10.7 Å². The van der Waals surface area contributed by atoms with Crippen LogP contribution in [0.5, 0.6) is 0 Å². The SMILES string of the molecule is COC(=O)c1sccc1NC(=O)N1CCCC1c1ccc(F)cc1. The van der Waals surface area contributed by atoms with Gasteiger partial charge in [-0.2, -0.15) is 0 Å². The molecular formula is C17H17FN2O3S. The van der Waals surface area contributed by atoms with E-state index < -0.39 is 5.97 Å². The molecule has 1 atom stereocenters. The molecule has 1 saturated heterocycles. The second-order valence-corrected chi connectivity index (χ2v) is 6.40. The first kappa shape index (κ1) is 16.4. The first-order valence-electron chi connectivity index (χ1n) is 7.59. The molecule has 0 spiro atoms. The molecule has 7 heteroatoms. The maximum absolute atomic E-state index is 13.1. The van der Waals surface area contributed by atoms with Gasteiger partial charge in [-0.25, -0.2) is 14.0 Å². The molecule has 3 rings (SSSR count). The summed E-state index contributed by atoms with van der Waals surface area (Å²) in [6.45, 7) is 0.617. The number of nitrogens with one attached hydrogen (secondary N) is 1. The van der Waals surface area contributed by atoms with Gasteiger partial charge in [0.15, 0.2) is 0 Å². The summed E-state index contributed by atoms with van der Waals surface area (Å²) in [6.07, 6.45) is 1.70. The number of anilines is 1. The Hall–Kier alpha value is -2.41. The number of ether oxygens (including phenoxy) is 1. The minimum atomic E-state index is -0.475. The third-order valence-electron chi connectivity index (χ3n) is 4.05. The van der Waals surface area contributed by atoms with Crippen LogP contribution < -0.4 is 5.32 Å². The zero-order valence-electron chi connectivity index (χ0n) is 13.1. The molecule has 0 saturated carbocycles. The molecule has 1 N–H and O–H groups in total. The number of carbonyl (C=O) groups is 2. The van der Waals surface area contributed by atoms with Gasteiger partial charge in [-0.1, -0.05) is 12.1 Å². The number of halogens is 1. The predicted octanol–water partition coefficient (Wildman–Crippen LogP) is 4.04. The van der Waals surface area contributed by atoms with E-state index in [1.54, 1.807) is 28.5 Å². The van der Waals surface area contributed by atoms with Crippen molar-refractivity contribution in [1.29, 1.82) is 0 Å². The van der Waals surface area contributed by atoms with Crippen molar-refractivity contribution in [2.24, 2.45) is 0 Å². The van der Waals surface area contributed by atoms with Crippen molar-refractivity contribution in [3.05, 3.63) is 52.0 Å². The van der Waals surface area contributed by atoms with E-state index in [0.29, 0.717) is 17.1 Å². The maximum Gasteiger partial charge on any atom is 0.350 e. The monoisotopic (exact) mass is 348 g/mol. The fourth-order valence-electron chi connectivity index (χ4n) is 2.89. The quantitative estimate of drug-likeness (QED) is 0.852. The minimum Gasteiger partial charge on any atom is -0.465 e. The second kappa shape index (κ2) is 7.00. The van der Waals surface area contributed by atoms with Gasteiger partial charge in [0.25, 0.3) is 0 Å². The Labute approximate surface area is 143 Å². The topological polar surface area (TPSA) is 58.6 Å². The number of hydrogen-bond acceptors (Lipinski definition) is 4. The molecule has 0 aliphatic carbocycles. The van der Waals surface area contributed by atoms with Crippen LogP contribution >= 0.6 is 11.3 Å². The number of methoxy groups -OCH3 is 1. The van der Waals surface area contributed by atoms with Crippen LogP contribution in [-0.2, 0) is 4.74 Å². The number of nitrogens with zero attached hydrogens (tertiary/aromatic N) is 1. The third kappa shape index (κ3) is 3.26. The Morgan fingerprint density at radius 3 is 2.75 bits per heavy atom. The molecule has 2 amide bonds. The molecule has 1 aromatic carbocycles. The Morgan fingerprint density at radius 1 is 1.29 bits per heavy atom. The number of thiophene rings is 1. The standard InChI is InChI=1S/C17H17FN2O3S/c1-23-16(21)15-13(8-10-24-15)19-17(22)20-9-2-3-14(20)11-4-6-12(18)7-5-11/h4-8,10,14H,2-3,9H2,1H3,(H,19,22). The van der Waals surface area contributed by atoms with Gasteiger partial charge in [0.05, 0.1) is 18.8 Å². The van der Waals surface area contributed by atoms with Crippen LogP contribution in [0.1, 0.15) is 34.1 Å². The summed E-state index contributed by atoms with van der Waals surface area (Å²) in [5, 5.41) is 4.51. The fourth-order valence-corrected chi connectivity index (χ4v) is 3.65. The molecule has 1 aliphatic heterocycles. The predicted molar refractivity (Wildman–Crippen MR) is 89.8 cm³/mol. The van der Waals surface area contributed by atoms with Crippen LogP contribution in [0.25, 0.3) is 0 Å². The van der Waals surface area contributed by atoms with Gasteiger partial charge >= 0.3 is 12.0 Å². The highest BCUT2D eigenvalue weighted by atomic mass is 32.1. The van der Waals surface area contributed by atoms with Gasteiger partial charge in [-0.15, -0.1) is 11.3 Å². The Bertz CT molecular complexity index is 745. The van der Waals surface area contributed by atoms with Crippen molar-refractivity contribution >= 4 is 29.0 Å². The van der Waals surface area contributed by atoms with E-state index in [9.17, 15) is 14.0 Å². The van der Waals surface area contributed by atoms with Gasteiger partial charge in [-0.05, 0) is 42.0 Å². The Kier molecular flexibility index (Phi) is 4.80. The van der Waals surface area contributed by atoms with Gasteiger partial charge < -0.3 is 15.0 Å². The molecule has 1 unspecified atom stereocenters. The lowest BCUT2D eigenvalue weighted by molar-refractivity contribution is 0.0607. The zero-order valence-corrected chi connectivity index (χ0v) is 13.9. The number of amides is 2. The van der Waals surface area contributed by atoms with Crippen LogP contribution in [-0.4, -0.2) is 30.6 Å². The number of carbonyl (C=O) groups excluding carboxylic acids is 2. The van der Waals surface area contributed by atoms with Crippen molar-refractivity contribution in [3.63, 3.8) is 0 Å². The van der Waals surface area contributed by atoms with E-state index in [0.717, 1.165) is 18.4 Å². The van der Waals surface area contributed by atoms with Gasteiger partial charge in [-0.3, -0.25) is 0 Å². The van der Waals surface area contributed by atoms with Crippen LogP contribution in [0.4, 0.5) is 14.9 Å². The molecular weight excluding hydrogens is 331 g/mol. The summed E-state index contributed by atoms with van der Waals surface area (Å²) in [5.41, 5.74) is 1.35. The summed E-state index contributed by atoms with van der Waals surface area (Å²) in [4.78, 5) is 26.4. The van der Waals surface area contributed by atoms with Crippen molar-refractivity contribution in [3.8, 4) is 0 Å². The van der Waals surface area contributed by atoms with Crippen LogP contribution in [0.3, 0.4) is 0 Å². The molecule has 1 aromatic heterocycles. The maximum atomic E-state index is 13.1. The Balaban J connectivity index is 1.76. The number of esters is 1. The first-order valence-corrected chi connectivity index (χ1v) is 8.47. The van der Waals surface area contributed by atoms with E-state index in [1.165, 1.54) is 30.6 Å². The minimum absolute atomic E-state index is 0.0918. The molecule has 0 radical (unpaired) electrons. The molecule has 5 nitrogen and oxygen atoms in total. The van der Waals surface area contributed by atoms with Crippen molar-refractivity contribution in [2.75, 3.05) is 19.0 Å². The fraction of sp³-hybridized carbons (Fsp3) is 0.294. The first-order chi connectivity index (χ1) is 11.6. The number of rotatable bonds is 3. The van der Waals surface area contributed by atoms with Crippen molar-refractivity contribution in [2.45, 2.75) is 18.9 Å². The summed E-state index contributed by atoms with van der Waals surface area (Å²) < 4.78 is 17.8. The van der Waals surface area contributed by atoms with Crippen LogP contribution in [0, 0.1) is 5.82 Å². The average Bonchev–Trinajstić information content (AvgIpc) is 3.24. The van der Waals surface area contributed by atoms with E-state index in [-0.39, 0.29) is 17.9 Å². The van der Waals surface area contributed by atoms with E-state index in [1.807, 2.05) is 0 Å². The highest BCUT2D eigenvalue weighted by molar-refractivity contribution is 7.12. The number of hydrogen-bond donors (Lipinski definition) is 1. The summed E-state index contributed by atoms with van der Waals surface area (Å²) >= 11 is 1.22. The molecule has 126 valence electrons. The lowest BCUT2D eigenvalue weighted by atomic mass is 10.0. The van der Waals surface area contributed by atoms with Gasteiger partial charge in [0, 0.05) is 6.54 Å². The number of benzene rings is 1. The highest BCUT2D eigenvalue weighted by Crippen LogP contribution is 2.33. The third-order valence-corrected chi connectivity index (χ3v) is 4.94. The summed E-state index contributed by atoms with van der Waals surface area (Å²) in [5.74, 6) is -0.773. The smallest absolute Gasteiger partial charge is 0.350 e. The summed E-state index contributed by atoms with van der Waals surface area (Å²) in [6, 6.07) is 7.52. The van der Waals surface area contributed by atoms with E-state index in [4.69, 9.17) is 4.74 Å². The van der Waals surface area contributed by atoms with E-state index in [2.05, 4.69) is 5.32 Å². The summed E-state index contributed by atoms with van der Waals surface area (Å²) in [7, 11) is 1.30. The lowest BCUT2D eigenvalue weighted by Crippen LogP contribution is -2.34. The molecule has 24 heavy (non-hydrogen) atoms.